The Bertz CT molecular complexity index is 930. The van der Waals surface area contributed by atoms with Crippen molar-refractivity contribution in [2.75, 3.05) is 25.4 Å². The minimum absolute atomic E-state index is 0. The van der Waals surface area contributed by atoms with Gasteiger partial charge in [-0.25, -0.2) is 4.68 Å². The average Bonchev–Trinajstić information content (AvgIpc) is 3.30. The number of halogens is 1. The quantitative estimate of drug-likeness (QED) is 0.230. The Balaban J connectivity index is 0.00000341. The van der Waals surface area contributed by atoms with Crippen LogP contribution in [0.1, 0.15) is 18.1 Å². The van der Waals surface area contributed by atoms with E-state index in [9.17, 15) is 4.21 Å². The standard InChI is InChI=1S/C23H29N5OS.HI/c1-2-24-23(26-16-18-30(29)19-21-7-4-3-5-8-21)25-15-13-20-9-11-22(12-10-20)28-17-6-14-27-28;/h3-12,14,17H,2,13,15-16,18-19H2,1H3,(H2,24,25,26);1H. The molecule has 166 valence electrons. The molecular weight excluding hydrogens is 521 g/mol. The molecule has 2 N–H and O–H groups in total. The van der Waals surface area contributed by atoms with Crippen LogP contribution in [0, 0.1) is 0 Å². The molecule has 0 aliphatic heterocycles. The zero-order valence-corrected chi connectivity index (χ0v) is 20.9. The lowest BCUT2D eigenvalue weighted by Gasteiger charge is -2.11. The summed E-state index contributed by atoms with van der Waals surface area (Å²) in [6.07, 6.45) is 4.60. The number of aliphatic imine (C=N–C) groups is 1. The molecule has 0 aliphatic rings. The molecular formula is C23H30IN5OS. The number of hydrogen-bond donors (Lipinski definition) is 2. The van der Waals surface area contributed by atoms with Crippen LogP contribution in [0.25, 0.3) is 5.69 Å². The van der Waals surface area contributed by atoms with E-state index in [0.717, 1.165) is 36.7 Å². The second-order valence-corrected chi connectivity index (χ2v) is 8.40. The van der Waals surface area contributed by atoms with Crippen molar-refractivity contribution in [2.45, 2.75) is 19.1 Å². The van der Waals surface area contributed by atoms with Crippen LogP contribution in [0.2, 0.25) is 0 Å². The second kappa shape index (κ2) is 14.0. The lowest BCUT2D eigenvalue weighted by Crippen LogP contribution is -2.38. The largest absolute Gasteiger partial charge is 0.357 e. The van der Waals surface area contributed by atoms with E-state index >= 15 is 0 Å². The van der Waals surface area contributed by atoms with Crippen LogP contribution >= 0.6 is 24.0 Å². The summed E-state index contributed by atoms with van der Waals surface area (Å²) >= 11 is 0. The molecule has 0 saturated carbocycles. The Morgan fingerprint density at radius 1 is 1.03 bits per heavy atom. The smallest absolute Gasteiger partial charge is 0.191 e. The third kappa shape index (κ3) is 8.82. The van der Waals surface area contributed by atoms with E-state index < -0.39 is 10.8 Å². The second-order valence-electron chi connectivity index (χ2n) is 6.83. The molecule has 3 aromatic rings. The number of nitrogens with one attached hydrogen (secondary N) is 2. The van der Waals surface area contributed by atoms with Crippen LogP contribution in [-0.4, -0.2) is 45.3 Å². The first kappa shape index (κ1) is 25.1. The summed E-state index contributed by atoms with van der Waals surface area (Å²) in [7, 11) is -0.912. The third-order valence-electron chi connectivity index (χ3n) is 4.51. The maximum atomic E-state index is 12.3. The molecule has 1 atom stereocenters. The van der Waals surface area contributed by atoms with E-state index in [0.29, 0.717) is 18.1 Å². The molecule has 1 heterocycles. The molecule has 2 aromatic carbocycles. The van der Waals surface area contributed by atoms with Crippen molar-refractivity contribution in [1.82, 2.24) is 20.4 Å². The average molecular weight is 551 g/mol. The van der Waals surface area contributed by atoms with Gasteiger partial charge >= 0.3 is 0 Å². The lowest BCUT2D eigenvalue weighted by atomic mass is 10.1. The van der Waals surface area contributed by atoms with Crippen LogP contribution < -0.4 is 10.6 Å². The number of aromatic nitrogens is 2. The molecule has 3 rings (SSSR count). The summed E-state index contributed by atoms with van der Waals surface area (Å²) in [5, 5.41) is 10.9. The summed E-state index contributed by atoms with van der Waals surface area (Å²) in [6, 6.07) is 20.2. The summed E-state index contributed by atoms with van der Waals surface area (Å²) in [4.78, 5) is 4.56. The zero-order chi connectivity index (χ0) is 21.0. The van der Waals surface area contributed by atoms with Crippen molar-refractivity contribution < 1.29 is 4.21 Å². The Labute approximate surface area is 204 Å². The first-order chi connectivity index (χ1) is 14.7. The normalized spacial score (nSPS) is 12.1. The molecule has 0 amide bonds. The van der Waals surface area contributed by atoms with Gasteiger partial charge in [-0.3, -0.25) is 9.20 Å². The highest BCUT2D eigenvalue weighted by Gasteiger charge is 2.03. The Morgan fingerprint density at radius 2 is 1.81 bits per heavy atom. The minimum atomic E-state index is -0.912. The maximum Gasteiger partial charge on any atom is 0.191 e. The van der Waals surface area contributed by atoms with Gasteiger partial charge in [0.05, 0.1) is 12.2 Å². The number of guanidine groups is 1. The van der Waals surface area contributed by atoms with Crippen molar-refractivity contribution >= 4 is 40.7 Å². The van der Waals surface area contributed by atoms with Crippen LogP contribution in [0.3, 0.4) is 0 Å². The van der Waals surface area contributed by atoms with E-state index in [4.69, 9.17) is 0 Å². The maximum absolute atomic E-state index is 12.3. The van der Waals surface area contributed by atoms with Crippen molar-refractivity contribution in [1.29, 1.82) is 0 Å². The van der Waals surface area contributed by atoms with Gasteiger partial charge in [-0.1, -0.05) is 42.5 Å². The lowest BCUT2D eigenvalue weighted by molar-refractivity contribution is 0.682. The number of hydrogen-bond acceptors (Lipinski definition) is 3. The summed E-state index contributed by atoms with van der Waals surface area (Å²) in [5.74, 6) is 1.90. The van der Waals surface area contributed by atoms with Gasteiger partial charge in [0, 0.05) is 47.8 Å². The molecule has 1 unspecified atom stereocenters. The van der Waals surface area contributed by atoms with Gasteiger partial charge in [0.25, 0.3) is 0 Å². The molecule has 0 fully saturated rings. The van der Waals surface area contributed by atoms with Crippen LogP contribution in [-0.2, 0) is 23.0 Å². The van der Waals surface area contributed by atoms with Crippen molar-refractivity contribution in [3.8, 4) is 5.69 Å². The van der Waals surface area contributed by atoms with Crippen LogP contribution in [0.15, 0.2) is 78.0 Å². The third-order valence-corrected chi connectivity index (χ3v) is 5.81. The van der Waals surface area contributed by atoms with Crippen molar-refractivity contribution in [3.63, 3.8) is 0 Å². The van der Waals surface area contributed by atoms with Gasteiger partial charge in [0.15, 0.2) is 5.96 Å². The molecule has 0 saturated heterocycles. The van der Waals surface area contributed by atoms with Gasteiger partial charge in [0.1, 0.15) is 0 Å². The Kier molecular flexibility index (Phi) is 11.3. The van der Waals surface area contributed by atoms with Crippen molar-refractivity contribution in [2.24, 2.45) is 4.99 Å². The Hall–Kier alpha value is -2.20. The molecule has 31 heavy (non-hydrogen) atoms. The van der Waals surface area contributed by atoms with Crippen molar-refractivity contribution in [3.05, 3.63) is 84.2 Å². The van der Waals surface area contributed by atoms with E-state index in [-0.39, 0.29) is 24.0 Å². The van der Waals surface area contributed by atoms with Gasteiger partial charge in [-0.05, 0) is 42.7 Å². The van der Waals surface area contributed by atoms with Crippen LogP contribution in [0.5, 0.6) is 0 Å². The molecule has 8 heteroatoms. The number of benzene rings is 2. The molecule has 0 aliphatic carbocycles. The fraction of sp³-hybridized carbons (Fsp3) is 0.304. The van der Waals surface area contributed by atoms with Gasteiger partial charge in [-0.15, -0.1) is 24.0 Å². The highest BCUT2D eigenvalue weighted by atomic mass is 127. The monoisotopic (exact) mass is 551 g/mol. The molecule has 0 radical (unpaired) electrons. The van der Waals surface area contributed by atoms with E-state index in [1.807, 2.05) is 54.2 Å². The summed E-state index contributed by atoms with van der Waals surface area (Å²) < 4.78 is 14.1. The van der Waals surface area contributed by atoms with Crippen LogP contribution in [0.4, 0.5) is 0 Å². The summed E-state index contributed by atoms with van der Waals surface area (Å²) in [5.41, 5.74) is 3.40. The van der Waals surface area contributed by atoms with Gasteiger partial charge in [-0.2, -0.15) is 5.10 Å². The minimum Gasteiger partial charge on any atom is -0.357 e. The highest BCUT2D eigenvalue weighted by Crippen LogP contribution is 2.09. The predicted molar refractivity (Wildman–Crippen MR) is 140 cm³/mol. The van der Waals surface area contributed by atoms with Gasteiger partial charge < -0.3 is 10.6 Å². The molecule has 0 bridgehead atoms. The first-order valence-corrected chi connectivity index (χ1v) is 11.7. The Morgan fingerprint density at radius 3 is 2.48 bits per heavy atom. The number of nitrogens with zero attached hydrogens (tertiary/aromatic N) is 3. The molecule has 0 spiro atoms. The molecule has 1 aromatic heterocycles. The topological polar surface area (TPSA) is 71.3 Å². The molecule has 6 nitrogen and oxygen atoms in total. The van der Waals surface area contributed by atoms with E-state index in [1.54, 1.807) is 6.20 Å². The fourth-order valence-corrected chi connectivity index (χ4v) is 4.00. The first-order valence-electron chi connectivity index (χ1n) is 10.2. The predicted octanol–water partition coefficient (Wildman–Crippen LogP) is 3.54. The zero-order valence-electron chi connectivity index (χ0n) is 17.7. The highest BCUT2D eigenvalue weighted by molar-refractivity contribution is 14.0. The van der Waals surface area contributed by atoms with E-state index in [1.165, 1.54) is 5.56 Å². The fourth-order valence-electron chi connectivity index (χ4n) is 3.00. The number of rotatable bonds is 10. The SMILES string of the molecule is CCNC(=NCCS(=O)Cc1ccccc1)NCCc1ccc(-n2cccn2)cc1.I. The van der Waals surface area contributed by atoms with E-state index in [2.05, 4.69) is 45.0 Å². The summed E-state index contributed by atoms with van der Waals surface area (Å²) in [6.45, 7) is 4.14. The van der Waals surface area contributed by atoms with Gasteiger partial charge in [0.2, 0.25) is 0 Å².